The summed E-state index contributed by atoms with van der Waals surface area (Å²) in [5, 5.41) is 0. The lowest BCUT2D eigenvalue weighted by Gasteiger charge is -2.26. The van der Waals surface area contributed by atoms with Crippen molar-refractivity contribution in [3.63, 3.8) is 0 Å². The number of thiophene rings is 1. The second-order valence-electron chi connectivity index (χ2n) is 5.79. The molecule has 0 fully saturated rings. The van der Waals surface area contributed by atoms with Gasteiger partial charge in [-0.05, 0) is 38.4 Å². The topological polar surface area (TPSA) is 0 Å². The first-order valence-corrected chi connectivity index (χ1v) is 6.53. The second kappa shape index (κ2) is 3.64. The molecule has 0 spiro atoms. The van der Waals surface area contributed by atoms with Gasteiger partial charge < -0.3 is 0 Å². The van der Waals surface area contributed by atoms with Crippen LogP contribution >= 0.6 is 27.3 Å². The van der Waals surface area contributed by atoms with E-state index in [4.69, 9.17) is 0 Å². The van der Waals surface area contributed by atoms with Gasteiger partial charge in [-0.15, -0.1) is 11.3 Å². The Kier molecular flexibility index (Phi) is 3.18. The van der Waals surface area contributed by atoms with Gasteiger partial charge in [-0.3, -0.25) is 0 Å². The Labute approximate surface area is 99.9 Å². The predicted octanol–water partition coefficient (Wildman–Crippen LogP) is 5.11. The van der Waals surface area contributed by atoms with Crippen molar-refractivity contribution in [2.75, 3.05) is 0 Å². The molecule has 0 amide bonds. The monoisotopic (exact) mass is 274 g/mol. The summed E-state index contributed by atoms with van der Waals surface area (Å²) in [5.74, 6) is 0. The van der Waals surface area contributed by atoms with Crippen LogP contribution in [0.3, 0.4) is 0 Å². The molecule has 1 heterocycles. The largest absolute Gasteiger partial charge is 0.132 e. The fourth-order valence-corrected chi connectivity index (χ4v) is 3.34. The predicted molar refractivity (Wildman–Crippen MR) is 69.4 cm³/mol. The van der Waals surface area contributed by atoms with Crippen LogP contribution in [0.2, 0.25) is 0 Å². The maximum atomic E-state index is 3.59. The van der Waals surface area contributed by atoms with E-state index in [2.05, 4.69) is 63.5 Å². The van der Waals surface area contributed by atoms with Crippen molar-refractivity contribution in [1.82, 2.24) is 0 Å². The summed E-state index contributed by atoms with van der Waals surface area (Å²) in [7, 11) is 0. The summed E-state index contributed by atoms with van der Waals surface area (Å²) in [5.41, 5.74) is 1.96. The van der Waals surface area contributed by atoms with Gasteiger partial charge in [0.25, 0.3) is 0 Å². The summed E-state index contributed by atoms with van der Waals surface area (Å²) >= 11 is 5.45. The molecule has 0 bridgehead atoms. The van der Waals surface area contributed by atoms with Crippen molar-refractivity contribution < 1.29 is 0 Å². The van der Waals surface area contributed by atoms with E-state index in [-0.39, 0.29) is 10.8 Å². The van der Waals surface area contributed by atoms with Gasteiger partial charge in [-0.25, -0.2) is 0 Å². The van der Waals surface area contributed by atoms with Crippen LogP contribution in [0.1, 0.15) is 52.0 Å². The Balaban J connectivity index is 3.31. The zero-order valence-electron chi connectivity index (χ0n) is 9.86. The van der Waals surface area contributed by atoms with Crippen LogP contribution < -0.4 is 0 Å². The Morgan fingerprint density at radius 3 is 1.79 bits per heavy atom. The molecule has 1 rings (SSSR count). The van der Waals surface area contributed by atoms with Gasteiger partial charge in [0.2, 0.25) is 0 Å². The molecule has 0 aromatic carbocycles. The lowest BCUT2D eigenvalue weighted by Crippen LogP contribution is -2.19. The Morgan fingerprint density at radius 2 is 1.50 bits per heavy atom. The first-order valence-electron chi connectivity index (χ1n) is 4.92. The molecule has 0 unspecified atom stereocenters. The van der Waals surface area contributed by atoms with Crippen molar-refractivity contribution >= 4 is 27.3 Å². The van der Waals surface area contributed by atoms with Crippen molar-refractivity contribution in [2.24, 2.45) is 0 Å². The van der Waals surface area contributed by atoms with Gasteiger partial charge in [-0.2, -0.15) is 0 Å². The molecule has 1 aromatic rings. The van der Waals surface area contributed by atoms with E-state index in [0.717, 1.165) is 0 Å². The second-order valence-corrected chi connectivity index (χ2v) is 8.22. The highest BCUT2D eigenvalue weighted by Crippen LogP contribution is 2.41. The molecule has 0 N–H and O–H groups in total. The smallest absolute Gasteiger partial charge is 0.0704 e. The van der Waals surface area contributed by atoms with E-state index in [0.29, 0.717) is 0 Å². The number of halogens is 1. The van der Waals surface area contributed by atoms with E-state index in [1.165, 1.54) is 14.2 Å². The molecular weight excluding hydrogens is 256 g/mol. The van der Waals surface area contributed by atoms with E-state index in [1.54, 1.807) is 0 Å². The highest BCUT2D eigenvalue weighted by molar-refractivity contribution is 9.11. The first kappa shape index (κ1) is 12.3. The zero-order chi connectivity index (χ0) is 11.1. The quantitative estimate of drug-likeness (QED) is 0.617. The van der Waals surface area contributed by atoms with Crippen LogP contribution in [0.15, 0.2) is 9.85 Å². The highest BCUT2D eigenvalue weighted by atomic mass is 79.9. The minimum atomic E-state index is 0.241. The van der Waals surface area contributed by atoms with Crippen LogP contribution in [0.25, 0.3) is 0 Å². The third kappa shape index (κ3) is 2.60. The summed E-state index contributed by atoms with van der Waals surface area (Å²) in [4.78, 5) is 1.50. The fourth-order valence-electron chi connectivity index (χ4n) is 1.48. The van der Waals surface area contributed by atoms with Crippen LogP contribution in [0.5, 0.6) is 0 Å². The zero-order valence-corrected chi connectivity index (χ0v) is 12.3. The molecule has 2 heteroatoms. The molecule has 0 atom stereocenters. The SMILES string of the molecule is CC(C)(C)c1cc(Br)sc1C(C)(C)C. The average Bonchev–Trinajstić information content (AvgIpc) is 2.27. The van der Waals surface area contributed by atoms with Crippen LogP contribution in [0, 0.1) is 0 Å². The maximum absolute atomic E-state index is 3.59. The molecule has 0 nitrogen and oxygen atoms in total. The van der Waals surface area contributed by atoms with Crippen LogP contribution in [0.4, 0.5) is 0 Å². The van der Waals surface area contributed by atoms with Crippen LogP contribution in [-0.4, -0.2) is 0 Å². The van der Waals surface area contributed by atoms with Gasteiger partial charge in [0.05, 0.1) is 3.79 Å². The van der Waals surface area contributed by atoms with Gasteiger partial charge in [0.1, 0.15) is 0 Å². The lowest BCUT2D eigenvalue weighted by atomic mass is 9.81. The Bertz CT molecular complexity index is 292. The van der Waals surface area contributed by atoms with Gasteiger partial charge in [0, 0.05) is 4.88 Å². The number of rotatable bonds is 0. The fraction of sp³-hybridized carbons (Fsp3) is 0.667. The minimum absolute atomic E-state index is 0.241. The average molecular weight is 275 g/mol. The first-order chi connectivity index (χ1) is 6.12. The summed E-state index contributed by atoms with van der Waals surface area (Å²) in [6, 6.07) is 2.27. The van der Waals surface area contributed by atoms with E-state index in [9.17, 15) is 0 Å². The third-order valence-corrected chi connectivity index (χ3v) is 4.25. The highest BCUT2D eigenvalue weighted by Gasteiger charge is 2.27. The standard InChI is InChI=1S/C12H19BrS/c1-11(2,3)8-7-9(13)14-10(8)12(4,5)6/h7H,1-6H3. The molecule has 0 aliphatic heterocycles. The molecule has 0 aliphatic rings. The van der Waals surface area contributed by atoms with E-state index < -0.39 is 0 Å². The van der Waals surface area contributed by atoms with Crippen molar-refractivity contribution in [3.8, 4) is 0 Å². The van der Waals surface area contributed by atoms with E-state index in [1.807, 2.05) is 11.3 Å². The Morgan fingerprint density at radius 1 is 1.00 bits per heavy atom. The molecule has 1 aromatic heterocycles. The number of hydrogen-bond acceptors (Lipinski definition) is 1. The number of hydrogen-bond donors (Lipinski definition) is 0. The van der Waals surface area contributed by atoms with Crippen molar-refractivity contribution in [1.29, 1.82) is 0 Å². The van der Waals surface area contributed by atoms with Crippen LogP contribution in [-0.2, 0) is 10.8 Å². The molecule has 0 radical (unpaired) electrons. The van der Waals surface area contributed by atoms with E-state index >= 15 is 0 Å². The summed E-state index contributed by atoms with van der Waals surface area (Å²) in [6.45, 7) is 13.7. The maximum Gasteiger partial charge on any atom is 0.0704 e. The third-order valence-electron chi connectivity index (χ3n) is 2.19. The molecule has 0 aliphatic carbocycles. The molecule has 0 saturated heterocycles. The van der Waals surface area contributed by atoms with Crippen molar-refractivity contribution in [3.05, 3.63) is 20.3 Å². The molecular formula is C12H19BrS. The summed E-state index contributed by atoms with van der Waals surface area (Å²) in [6.07, 6.45) is 0. The molecule has 0 saturated carbocycles. The normalized spacial score (nSPS) is 13.4. The van der Waals surface area contributed by atoms with Crippen molar-refractivity contribution in [2.45, 2.75) is 52.4 Å². The Hall–Kier alpha value is 0.180. The summed E-state index contributed by atoms with van der Waals surface area (Å²) < 4.78 is 1.24. The lowest BCUT2D eigenvalue weighted by molar-refractivity contribution is 0.542. The molecule has 80 valence electrons. The molecule has 14 heavy (non-hydrogen) atoms. The van der Waals surface area contributed by atoms with Gasteiger partial charge in [-0.1, -0.05) is 41.5 Å². The minimum Gasteiger partial charge on any atom is -0.132 e. The van der Waals surface area contributed by atoms with Gasteiger partial charge >= 0.3 is 0 Å². The van der Waals surface area contributed by atoms with Gasteiger partial charge in [0.15, 0.2) is 0 Å².